The average molecular weight is 470 g/mol. The van der Waals surface area contributed by atoms with Crippen LogP contribution in [0.3, 0.4) is 0 Å². The molecule has 0 saturated heterocycles. The summed E-state index contributed by atoms with van der Waals surface area (Å²) in [5, 5.41) is -7.27. The van der Waals surface area contributed by atoms with Crippen molar-refractivity contribution in [2.45, 2.75) is 67.2 Å². The van der Waals surface area contributed by atoms with E-state index in [2.05, 4.69) is 0 Å². The van der Waals surface area contributed by atoms with E-state index in [0.29, 0.717) is 0 Å². The Morgan fingerprint density at radius 2 is 0.964 bits per heavy atom. The molecule has 0 aromatic heterocycles. The molecule has 0 aliphatic carbocycles. The molecule has 28 heavy (non-hydrogen) atoms. The lowest BCUT2D eigenvalue weighted by Gasteiger charge is -2.38. The minimum Gasteiger partial charge on any atom is -0.281 e. The lowest BCUT2D eigenvalue weighted by molar-refractivity contribution is -0.390. The van der Waals surface area contributed by atoms with Gasteiger partial charge in [0.15, 0.2) is 0 Å². The van der Waals surface area contributed by atoms with Crippen molar-refractivity contribution in [2.24, 2.45) is 0 Å². The summed E-state index contributed by atoms with van der Waals surface area (Å²) in [5.41, 5.74) is 0. The Morgan fingerprint density at radius 3 is 1.32 bits per heavy atom. The van der Waals surface area contributed by atoms with Crippen molar-refractivity contribution in [1.82, 2.24) is 0 Å². The summed E-state index contributed by atoms with van der Waals surface area (Å²) >= 11 is 0. The number of rotatable bonds is 10. The maximum Gasteiger partial charge on any atom is 0.438 e. The van der Waals surface area contributed by atoms with Crippen molar-refractivity contribution >= 4 is 10.1 Å². The van der Waals surface area contributed by atoms with Crippen molar-refractivity contribution in [3.8, 4) is 0 Å². The van der Waals surface area contributed by atoms with Crippen LogP contribution in [-0.2, 0) is 10.1 Å². The molecule has 0 rings (SSSR count). The average Bonchev–Trinajstić information content (AvgIpc) is 2.43. The van der Waals surface area contributed by atoms with Gasteiger partial charge in [0, 0.05) is 12.8 Å². The topological polar surface area (TPSA) is 54.4 Å². The molecule has 17 heteroatoms. The van der Waals surface area contributed by atoms with Gasteiger partial charge >= 0.3 is 45.2 Å². The molecule has 3 nitrogen and oxygen atoms in total. The van der Waals surface area contributed by atoms with Crippen LogP contribution in [0, 0.1) is 0 Å². The summed E-state index contributed by atoms with van der Waals surface area (Å²) < 4.78 is 195. The van der Waals surface area contributed by atoms with Crippen LogP contribution in [-0.4, -0.2) is 48.1 Å². The second-order valence-corrected chi connectivity index (χ2v) is 7.06. The second kappa shape index (κ2) is 7.68. The van der Waals surface area contributed by atoms with Gasteiger partial charge in [-0.2, -0.15) is 65.5 Å². The molecule has 0 unspecified atom stereocenters. The predicted octanol–water partition coefficient (Wildman–Crippen LogP) is 5.52. The van der Waals surface area contributed by atoms with Gasteiger partial charge in [0.05, 0.1) is 0 Å². The molecule has 0 radical (unpaired) electrons. The largest absolute Gasteiger partial charge is 0.438 e. The highest BCUT2D eigenvalue weighted by Crippen LogP contribution is 2.58. The van der Waals surface area contributed by atoms with E-state index in [4.69, 9.17) is 4.55 Å². The predicted molar refractivity (Wildman–Crippen MR) is 65.4 cm³/mol. The fraction of sp³-hybridized carbons (Fsp3) is 1.00. The Bertz CT molecular complexity index is 639. The second-order valence-electron chi connectivity index (χ2n) is 5.60. The van der Waals surface area contributed by atoms with E-state index in [0.717, 1.165) is 0 Å². The van der Waals surface area contributed by atoms with E-state index in [9.17, 15) is 65.5 Å². The molecule has 0 aromatic rings. The van der Waals surface area contributed by atoms with Gasteiger partial charge in [-0.25, -0.2) is 0 Å². The van der Waals surface area contributed by atoms with Crippen LogP contribution < -0.4 is 0 Å². The molecular weight excluding hydrogens is 459 g/mol. The van der Waals surface area contributed by atoms with Crippen LogP contribution in [0.1, 0.15) is 32.1 Å². The normalized spacial score (nSPS) is 15.8. The molecular formula is C11H11F13O3S. The minimum atomic E-state index is -7.69. The van der Waals surface area contributed by atoms with E-state index < -0.39 is 77.3 Å². The molecule has 1 N–H and O–H groups in total. The highest BCUT2D eigenvalue weighted by atomic mass is 32.2. The standard InChI is InChI=1S/C11H11F13O3S/c12-6(13,4-2-1-3-5-7(14,15)16)8(17,18)9(19,20)10(21,22)11(23,24)28(25,26)27/h1-5H2,(H,25,26,27). The summed E-state index contributed by atoms with van der Waals surface area (Å²) in [6, 6.07) is 0. The number of alkyl halides is 13. The first-order chi connectivity index (χ1) is 12.0. The van der Waals surface area contributed by atoms with E-state index in [-0.39, 0.29) is 0 Å². The van der Waals surface area contributed by atoms with E-state index in [1.165, 1.54) is 0 Å². The van der Waals surface area contributed by atoms with Gasteiger partial charge in [-0.3, -0.25) is 4.55 Å². The summed E-state index contributed by atoms with van der Waals surface area (Å²) in [6.07, 6.45) is -11.8. The van der Waals surface area contributed by atoms with E-state index in [1.54, 1.807) is 0 Å². The van der Waals surface area contributed by atoms with Gasteiger partial charge in [0.1, 0.15) is 0 Å². The van der Waals surface area contributed by atoms with Gasteiger partial charge in [-0.05, 0) is 12.8 Å². The zero-order valence-electron chi connectivity index (χ0n) is 13.1. The number of unbranched alkanes of at least 4 members (excludes halogenated alkanes) is 2. The first-order valence-corrected chi connectivity index (χ1v) is 8.32. The highest BCUT2D eigenvalue weighted by Gasteiger charge is 2.88. The van der Waals surface area contributed by atoms with Crippen molar-refractivity contribution in [1.29, 1.82) is 0 Å². The summed E-state index contributed by atoms with van der Waals surface area (Å²) in [5.74, 6) is -28.8. The third-order valence-corrected chi connectivity index (χ3v) is 4.29. The maximum atomic E-state index is 13.3. The molecule has 0 amide bonds. The molecule has 170 valence electrons. The third kappa shape index (κ3) is 4.94. The fourth-order valence-corrected chi connectivity index (χ4v) is 2.23. The first kappa shape index (κ1) is 27.0. The van der Waals surface area contributed by atoms with Crippen LogP contribution >= 0.6 is 0 Å². The van der Waals surface area contributed by atoms with Gasteiger partial charge in [0.25, 0.3) is 0 Å². The van der Waals surface area contributed by atoms with Gasteiger partial charge < -0.3 is 0 Å². The van der Waals surface area contributed by atoms with Crippen LogP contribution in [0.4, 0.5) is 57.1 Å². The lowest BCUT2D eigenvalue weighted by atomic mass is 9.94. The molecule has 0 aromatic carbocycles. The molecule has 0 spiro atoms. The van der Waals surface area contributed by atoms with Crippen molar-refractivity contribution in [3.63, 3.8) is 0 Å². The van der Waals surface area contributed by atoms with Crippen molar-refractivity contribution in [2.75, 3.05) is 0 Å². The van der Waals surface area contributed by atoms with Crippen LogP contribution in [0.25, 0.3) is 0 Å². The Balaban J connectivity index is 5.57. The summed E-state index contributed by atoms with van der Waals surface area (Å²) in [7, 11) is -7.44. The smallest absolute Gasteiger partial charge is 0.281 e. The number of hydrogen-bond donors (Lipinski definition) is 1. The Kier molecular flexibility index (Phi) is 7.41. The molecule has 0 atom stereocenters. The minimum absolute atomic E-state index is 0.881. The Labute approximate surface area is 148 Å². The fourth-order valence-electron chi connectivity index (χ4n) is 1.78. The monoisotopic (exact) mass is 470 g/mol. The maximum absolute atomic E-state index is 13.3. The number of halogens is 13. The van der Waals surface area contributed by atoms with Crippen molar-refractivity contribution in [3.05, 3.63) is 0 Å². The Hall–Kier alpha value is -1.00. The molecule has 0 saturated carbocycles. The molecule has 0 aliphatic heterocycles. The quantitative estimate of drug-likeness (QED) is 0.260. The van der Waals surface area contributed by atoms with Crippen LogP contribution in [0.15, 0.2) is 0 Å². The third-order valence-electron chi connectivity index (χ3n) is 3.39. The molecule has 0 bridgehead atoms. The highest BCUT2D eigenvalue weighted by molar-refractivity contribution is 7.87. The van der Waals surface area contributed by atoms with Gasteiger partial charge in [-0.15, -0.1) is 0 Å². The van der Waals surface area contributed by atoms with Crippen LogP contribution in [0.2, 0.25) is 0 Å². The van der Waals surface area contributed by atoms with Gasteiger partial charge in [-0.1, -0.05) is 6.42 Å². The molecule has 0 heterocycles. The van der Waals surface area contributed by atoms with E-state index >= 15 is 0 Å². The first-order valence-electron chi connectivity index (χ1n) is 6.88. The lowest BCUT2D eigenvalue weighted by Crippen LogP contribution is -2.68. The zero-order valence-corrected chi connectivity index (χ0v) is 13.9. The van der Waals surface area contributed by atoms with E-state index in [1.807, 2.05) is 0 Å². The van der Waals surface area contributed by atoms with Gasteiger partial charge in [0.2, 0.25) is 0 Å². The zero-order chi connectivity index (χ0) is 23.0. The van der Waals surface area contributed by atoms with Crippen molar-refractivity contribution < 1.29 is 70.0 Å². The SMILES string of the molecule is O=S(=O)(O)C(F)(F)C(F)(F)C(F)(F)C(F)(F)C(F)(F)CCCCCC(F)(F)F. The van der Waals surface area contributed by atoms with Crippen LogP contribution in [0.5, 0.6) is 0 Å². The molecule has 0 fully saturated rings. The summed E-state index contributed by atoms with van der Waals surface area (Å²) in [6.45, 7) is 0. The number of hydrogen-bond acceptors (Lipinski definition) is 2. The Morgan fingerprint density at radius 1 is 0.571 bits per heavy atom. The summed E-state index contributed by atoms with van der Waals surface area (Å²) in [4.78, 5) is 0. The molecule has 0 aliphatic rings.